The number of halogens is 1. The van der Waals surface area contributed by atoms with Gasteiger partial charge in [-0.25, -0.2) is 4.79 Å². The molecule has 0 saturated carbocycles. The predicted molar refractivity (Wildman–Crippen MR) is 88.2 cm³/mol. The van der Waals surface area contributed by atoms with Crippen LogP contribution in [0.5, 0.6) is 0 Å². The third-order valence-corrected chi connectivity index (χ3v) is 3.38. The van der Waals surface area contributed by atoms with Crippen LogP contribution >= 0.6 is 12.4 Å². The molecule has 1 aromatic carbocycles. The molecule has 23 heavy (non-hydrogen) atoms. The third kappa shape index (κ3) is 5.22. The molecule has 0 bridgehead atoms. The fourth-order valence-corrected chi connectivity index (χ4v) is 2.07. The van der Waals surface area contributed by atoms with Crippen molar-refractivity contribution in [3.8, 4) is 0 Å². The second-order valence-electron chi connectivity index (χ2n) is 5.36. The summed E-state index contributed by atoms with van der Waals surface area (Å²) in [6.07, 6.45) is 0.718. The van der Waals surface area contributed by atoms with Gasteiger partial charge < -0.3 is 16.4 Å². The van der Waals surface area contributed by atoms with E-state index in [1.54, 1.807) is 24.3 Å². The van der Waals surface area contributed by atoms with Crippen LogP contribution in [0.25, 0.3) is 0 Å². The molecule has 0 radical (unpaired) electrons. The molecule has 1 saturated heterocycles. The molecule has 126 valence electrons. The molecule has 4 N–H and O–H groups in total. The lowest BCUT2D eigenvalue weighted by Gasteiger charge is -2.12. The van der Waals surface area contributed by atoms with Gasteiger partial charge in [0.25, 0.3) is 5.91 Å². The van der Waals surface area contributed by atoms with E-state index in [4.69, 9.17) is 5.73 Å². The van der Waals surface area contributed by atoms with Gasteiger partial charge in [0.15, 0.2) is 0 Å². The van der Waals surface area contributed by atoms with Crippen molar-refractivity contribution in [1.82, 2.24) is 15.5 Å². The van der Waals surface area contributed by atoms with E-state index in [1.807, 2.05) is 6.92 Å². The summed E-state index contributed by atoms with van der Waals surface area (Å²) in [5.74, 6) is -0.412. The molecule has 1 aliphatic heterocycles. The summed E-state index contributed by atoms with van der Waals surface area (Å²) >= 11 is 0. The molecule has 2 rings (SSSR count). The fourth-order valence-electron chi connectivity index (χ4n) is 2.07. The van der Waals surface area contributed by atoms with Crippen molar-refractivity contribution in [3.05, 3.63) is 35.4 Å². The average Bonchev–Trinajstić information content (AvgIpc) is 2.79. The molecule has 0 aromatic heterocycles. The zero-order valence-corrected chi connectivity index (χ0v) is 13.7. The number of carbonyl (C=O) groups is 3. The number of rotatable bonds is 6. The van der Waals surface area contributed by atoms with E-state index in [0.29, 0.717) is 12.1 Å². The summed E-state index contributed by atoms with van der Waals surface area (Å²) in [6.45, 7) is 2.66. The number of hydrogen-bond donors (Lipinski definition) is 3. The highest BCUT2D eigenvalue weighted by molar-refractivity contribution is 6.01. The molecule has 7 nitrogen and oxygen atoms in total. The summed E-state index contributed by atoms with van der Waals surface area (Å²) in [4.78, 5) is 36.0. The maximum absolute atomic E-state index is 11.9. The van der Waals surface area contributed by atoms with E-state index >= 15 is 0 Å². The Labute approximate surface area is 141 Å². The number of hydrogen-bond acceptors (Lipinski definition) is 4. The standard InChI is InChI=1S/C15H20N4O3.ClH/c1-10(16)6-7-17-14(21)12-4-2-11(3-5-12)9-19-13(20)8-18-15(19)22;/h2-5,10H,6-9,16H2,1H3,(H,17,21)(H,18,22);1H. The van der Waals surface area contributed by atoms with Crippen LogP contribution in [0.2, 0.25) is 0 Å². The monoisotopic (exact) mass is 340 g/mol. The van der Waals surface area contributed by atoms with Gasteiger partial charge in [-0.3, -0.25) is 14.5 Å². The molecule has 1 fully saturated rings. The van der Waals surface area contributed by atoms with Gasteiger partial charge in [0.05, 0.1) is 13.1 Å². The number of nitrogens with zero attached hydrogens (tertiary/aromatic N) is 1. The Bertz CT molecular complexity index is 559. The molecule has 0 spiro atoms. The van der Waals surface area contributed by atoms with Crippen molar-refractivity contribution in [2.24, 2.45) is 5.73 Å². The number of imide groups is 1. The number of nitrogens with one attached hydrogen (secondary N) is 2. The maximum atomic E-state index is 11.9. The van der Waals surface area contributed by atoms with Crippen LogP contribution in [0.15, 0.2) is 24.3 Å². The van der Waals surface area contributed by atoms with E-state index in [9.17, 15) is 14.4 Å². The van der Waals surface area contributed by atoms with E-state index in [0.717, 1.165) is 16.9 Å². The van der Waals surface area contributed by atoms with Gasteiger partial charge in [0.1, 0.15) is 0 Å². The lowest BCUT2D eigenvalue weighted by molar-refractivity contribution is -0.125. The van der Waals surface area contributed by atoms with Crippen LogP contribution in [-0.4, -0.2) is 41.9 Å². The Kier molecular flexibility index (Phi) is 6.99. The lowest BCUT2D eigenvalue weighted by Crippen LogP contribution is -2.30. The van der Waals surface area contributed by atoms with E-state index < -0.39 is 0 Å². The first kappa shape index (κ1) is 18.9. The first-order chi connectivity index (χ1) is 10.5. The molecule has 1 aliphatic rings. The van der Waals surface area contributed by atoms with Crippen molar-refractivity contribution in [2.45, 2.75) is 25.9 Å². The molecule has 1 heterocycles. The molecule has 1 aromatic rings. The lowest BCUT2D eigenvalue weighted by atomic mass is 10.1. The van der Waals surface area contributed by atoms with Crippen LogP contribution in [0.4, 0.5) is 4.79 Å². The summed E-state index contributed by atoms with van der Waals surface area (Å²) < 4.78 is 0. The Morgan fingerprint density at radius 3 is 2.52 bits per heavy atom. The quantitative estimate of drug-likeness (QED) is 0.660. The van der Waals surface area contributed by atoms with Crippen molar-refractivity contribution in [3.63, 3.8) is 0 Å². The van der Waals surface area contributed by atoms with Gasteiger partial charge in [-0.15, -0.1) is 12.4 Å². The number of carbonyl (C=O) groups excluding carboxylic acids is 3. The van der Waals surface area contributed by atoms with E-state index in [1.165, 1.54) is 0 Å². The molecule has 4 amide bonds. The first-order valence-corrected chi connectivity index (χ1v) is 7.18. The largest absolute Gasteiger partial charge is 0.352 e. The minimum atomic E-state index is -0.386. The maximum Gasteiger partial charge on any atom is 0.324 e. The summed E-state index contributed by atoms with van der Waals surface area (Å²) in [6, 6.07) is 6.48. The molecular formula is C15H21ClN4O3. The van der Waals surface area contributed by atoms with Gasteiger partial charge in [-0.2, -0.15) is 0 Å². The van der Waals surface area contributed by atoms with Gasteiger partial charge in [0.2, 0.25) is 5.91 Å². The van der Waals surface area contributed by atoms with Crippen molar-refractivity contribution < 1.29 is 14.4 Å². The Morgan fingerprint density at radius 1 is 1.35 bits per heavy atom. The zero-order chi connectivity index (χ0) is 16.1. The highest BCUT2D eigenvalue weighted by atomic mass is 35.5. The minimum absolute atomic E-state index is 0. The molecule has 0 aliphatic carbocycles. The first-order valence-electron chi connectivity index (χ1n) is 7.18. The minimum Gasteiger partial charge on any atom is -0.352 e. The Morgan fingerprint density at radius 2 is 2.00 bits per heavy atom. The second kappa shape index (κ2) is 8.50. The van der Waals surface area contributed by atoms with Gasteiger partial charge in [-0.05, 0) is 31.0 Å². The van der Waals surface area contributed by atoms with Crippen LogP contribution in [0.3, 0.4) is 0 Å². The second-order valence-corrected chi connectivity index (χ2v) is 5.36. The van der Waals surface area contributed by atoms with Gasteiger partial charge in [0, 0.05) is 18.2 Å². The van der Waals surface area contributed by atoms with Crippen LogP contribution in [0, 0.1) is 0 Å². The van der Waals surface area contributed by atoms with E-state index in [-0.39, 0.29) is 49.4 Å². The van der Waals surface area contributed by atoms with Crippen molar-refractivity contribution >= 4 is 30.3 Å². The highest BCUT2D eigenvalue weighted by Gasteiger charge is 2.28. The van der Waals surface area contributed by atoms with Crippen LogP contribution < -0.4 is 16.4 Å². The SMILES string of the molecule is CC(N)CCNC(=O)c1ccc(CN2C(=O)CNC2=O)cc1.Cl. The molecule has 8 heteroatoms. The third-order valence-electron chi connectivity index (χ3n) is 3.38. The number of nitrogens with two attached hydrogens (primary N) is 1. The van der Waals surface area contributed by atoms with Gasteiger partial charge >= 0.3 is 6.03 Å². The van der Waals surface area contributed by atoms with Crippen molar-refractivity contribution in [2.75, 3.05) is 13.1 Å². The predicted octanol–water partition coefficient (Wildman–Crippen LogP) is 0.627. The van der Waals surface area contributed by atoms with Crippen molar-refractivity contribution in [1.29, 1.82) is 0 Å². The smallest absolute Gasteiger partial charge is 0.324 e. The topological polar surface area (TPSA) is 105 Å². The number of benzene rings is 1. The highest BCUT2D eigenvalue weighted by Crippen LogP contribution is 2.10. The Hall–Kier alpha value is -2.12. The average molecular weight is 341 g/mol. The summed E-state index contributed by atoms with van der Waals surface area (Å²) in [5, 5.41) is 5.25. The van der Waals surface area contributed by atoms with E-state index in [2.05, 4.69) is 10.6 Å². The number of urea groups is 1. The van der Waals surface area contributed by atoms with Gasteiger partial charge in [-0.1, -0.05) is 12.1 Å². The normalized spacial score (nSPS) is 15.0. The molecule has 1 atom stereocenters. The summed E-state index contributed by atoms with van der Waals surface area (Å²) in [5.41, 5.74) is 6.94. The summed E-state index contributed by atoms with van der Waals surface area (Å²) in [7, 11) is 0. The number of amides is 4. The molecular weight excluding hydrogens is 320 g/mol. The van der Waals surface area contributed by atoms with Crippen LogP contribution in [-0.2, 0) is 11.3 Å². The zero-order valence-electron chi connectivity index (χ0n) is 12.9. The fraction of sp³-hybridized carbons (Fsp3) is 0.400. The molecule has 1 unspecified atom stereocenters. The Balaban J connectivity index is 0.00000264. The van der Waals surface area contributed by atoms with Crippen LogP contribution in [0.1, 0.15) is 29.3 Å².